The van der Waals surface area contributed by atoms with Crippen molar-refractivity contribution in [3.8, 4) is 0 Å². The number of rotatable bonds is 4. The smallest absolute Gasteiger partial charge is 0.338 e. The maximum Gasteiger partial charge on any atom is 0.417 e. The molecule has 2 rings (SSSR count). The van der Waals surface area contributed by atoms with E-state index >= 15 is 0 Å². The van der Waals surface area contributed by atoms with Gasteiger partial charge in [0.15, 0.2) is 0 Å². The fourth-order valence-electron chi connectivity index (χ4n) is 2.00. The second-order valence-electron chi connectivity index (χ2n) is 4.66. The third-order valence-electron chi connectivity index (χ3n) is 3.13. The van der Waals surface area contributed by atoms with Gasteiger partial charge >= 0.3 is 6.18 Å². The number of halogens is 4. The summed E-state index contributed by atoms with van der Waals surface area (Å²) in [6.07, 6.45) is -4.17. The molecule has 1 atom stereocenters. The maximum atomic E-state index is 12.8. The number of hydrogen-bond donors (Lipinski definition) is 1. The number of aldehydes is 1. The summed E-state index contributed by atoms with van der Waals surface area (Å²) in [5.74, 6) is -0.859. The van der Waals surface area contributed by atoms with Crippen molar-refractivity contribution >= 4 is 23.8 Å². The molecule has 0 saturated carbocycles. The first-order chi connectivity index (χ1) is 10.8. The normalized spacial score (nSPS) is 12.5. The molecule has 0 aliphatic rings. The second-order valence-corrected chi connectivity index (χ2v) is 5.04. The SMILES string of the molecule is O=C[C@@H](NC(=O)c1cccc(C(F)(F)F)c1Cl)c1ccccc1. The lowest BCUT2D eigenvalue weighted by molar-refractivity contribution is -0.137. The van der Waals surface area contributed by atoms with Crippen LogP contribution in [0.5, 0.6) is 0 Å². The minimum atomic E-state index is -4.67. The summed E-state index contributed by atoms with van der Waals surface area (Å²) in [5.41, 5.74) is -0.933. The van der Waals surface area contributed by atoms with E-state index in [1.807, 2.05) is 0 Å². The third kappa shape index (κ3) is 3.90. The fraction of sp³-hybridized carbons (Fsp3) is 0.125. The van der Waals surface area contributed by atoms with Crippen LogP contribution in [0.15, 0.2) is 48.5 Å². The van der Waals surface area contributed by atoms with E-state index in [1.165, 1.54) is 6.07 Å². The van der Waals surface area contributed by atoms with Gasteiger partial charge in [0.2, 0.25) is 0 Å². The highest BCUT2D eigenvalue weighted by molar-refractivity contribution is 6.34. The van der Waals surface area contributed by atoms with Crippen molar-refractivity contribution in [1.82, 2.24) is 5.32 Å². The van der Waals surface area contributed by atoms with Crippen LogP contribution in [0.4, 0.5) is 13.2 Å². The predicted molar refractivity (Wildman–Crippen MR) is 79.2 cm³/mol. The Hall–Kier alpha value is -2.34. The lowest BCUT2D eigenvalue weighted by Gasteiger charge is -2.15. The molecule has 0 aliphatic carbocycles. The molecule has 2 aromatic rings. The van der Waals surface area contributed by atoms with E-state index in [0.29, 0.717) is 11.8 Å². The van der Waals surface area contributed by atoms with Crippen molar-refractivity contribution in [3.63, 3.8) is 0 Å². The van der Waals surface area contributed by atoms with Gasteiger partial charge < -0.3 is 10.1 Å². The average molecular weight is 342 g/mol. The van der Waals surface area contributed by atoms with E-state index in [2.05, 4.69) is 5.32 Å². The monoisotopic (exact) mass is 341 g/mol. The van der Waals surface area contributed by atoms with Gasteiger partial charge in [0.05, 0.1) is 16.1 Å². The van der Waals surface area contributed by atoms with E-state index in [-0.39, 0.29) is 5.56 Å². The van der Waals surface area contributed by atoms with E-state index < -0.39 is 28.7 Å². The van der Waals surface area contributed by atoms with Crippen LogP contribution in [-0.2, 0) is 11.0 Å². The van der Waals surface area contributed by atoms with Crippen molar-refractivity contribution in [2.24, 2.45) is 0 Å². The van der Waals surface area contributed by atoms with Crippen molar-refractivity contribution in [3.05, 3.63) is 70.2 Å². The summed E-state index contributed by atoms with van der Waals surface area (Å²) in [6, 6.07) is 10.4. The molecule has 0 unspecified atom stereocenters. The van der Waals surface area contributed by atoms with Crippen LogP contribution in [-0.4, -0.2) is 12.2 Å². The Balaban J connectivity index is 2.29. The molecule has 0 aromatic heterocycles. The van der Waals surface area contributed by atoms with Crippen LogP contribution >= 0.6 is 11.6 Å². The van der Waals surface area contributed by atoms with Crippen LogP contribution in [0, 0.1) is 0 Å². The molecule has 0 radical (unpaired) electrons. The molecular weight excluding hydrogens is 331 g/mol. The minimum absolute atomic E-state index is 0.343. The van der Waals surface area contributed by atoms with E-state index in [4.69, 9.17) is 11.6 Å². The van der Waals surface area contributed by atoms with Gasteiger partial charge in [0, 0.05) is 0 Å². The van der Waals surface area contributed by atoms with Crippen LogP contribution in [0.1, 0.15) is 27.5 Å². The lowest BCUT2D eigenvalue weighted by atomic mass is 10.1. The molecule has 1 amide bonds. The second kappa shape index (κ2) is 6.83. The summed E-state index contributed by atoms with van der Waals surface area (Å²) < 4.78 is 38.4. The molecule has 0 spiro atoms. The molecule has 23 heavy (non-hydrogen) atoms. The number of carbonyl (C=O) groups excluding carboxylic acids is 2. The summed E-state index contributed by atoms with van der Waals surface area (Å²) >= 11 is 5.69. The predicted octanol–water partition coefficient (Wildman–Crippen LogP) is 4.03. The maximum absolute atomic E-state index is 12.8. The minimum Gasteiger partial charge on any atom is -0.338 e. The first kappa shape index (κ1) is 17.0. The van der Waals surface area contributed by atoms with Gasteiger partial charge in [-0.15, -0.1) is 0 Å². The van der Waals surface area contributed by atoms with Crippen molar-refractivity contribution in [2.75, 3.05) is 0 Å². The zero-order chi connectivity index (χ0) is 17.0. The van der Waals surface area contributed by atoms with Gasteiger partial charge in [-0.1, -0.05) is 48.0 Å². The number of benzene rings is 2. The van der Waals surface area contributed by atoms with Crippen molar-refractivity contribution in [2.45, 2.75) is 12.2 Å². The molecule has 0 saturated heterocycles. The Kier molecular flexibility index (Phi) is 5.05. The van der Waals surface area contributed by atoms with Gasteiger partial charge in [-0.25, -0.2) is 0 Å². The average Bonchev–Trinajstić information content (AvgIpc) is 2.52. The van der Waals surface area contributed by atoms with Gasteiger partial charge in [-0.05, 0) is 17.7 Å². The molecule has 2 aromatic carbocycles. The fourth-order valence-corrected chi connectivity index (χ4v) is 2.32. The largest absolute Gasteiger partial charge is 0.417 e. The third-order valence-corrected chi connectivity index (χ3v) is 3.54. The summed E-state index contributed by atoms with van der Waals surface area (Å²) in [4.78, 5) is 23.3. The molecular formula is C16H11ClF3NO2. The van der Waals surface area contributed by atoms with Gasteiger partial charge in [-0.3, -0.25) is 4.79 Å². The highest BCUT2D eigenvalue weighted by Crippen LogP contribution is 2.36. The van der Waals surface area contributed by atoms with Crippen LogP contribution in [0.2, 0.25) is 5.02 Å². The van der Waals surface area contributed by atoms with Gasteiger partial charge in [0.25, 0.3) is 5.91 Å². The highest BCUT2D eigenvalue weighted by atomic mass is 35.5. The van der Waals surface area contributed by atoms with Gasteiger partial charge in [-0.2, -0.15) is 13.2 Å². The first-order valence-electron chi connectivity index (χ1n) is 6.51. The molecule has 7 heteroatoms. The van der Waals surface area contributed by atoms with Crippen molar-refractivity contribution in [1.29, 1.82) is 0 Å². The number of hydrogen-bond acceptors (Lipinski definition) is 2. The number of carbonyl (C=O) groups is 2. The topological polar surface area (TPSA) is 46.2 Å². The highest BCUT2D eigenvalue weighted by Gasteiger charge is 2.34. The number of amides is 1. The standard InChI is InChI=1S/C16H11ClF3NO2/c17-14-11(7-4-8-12(14)16(18,19)20)15(23)21-13(9-22)10-5-2-1-3-6-10/h1-9,13H,(H,21,23)/t13-/m1/s1. The Labute approximate surface area is 135 Å². The number of alkyl halides is 3. The van der Waals surface area contributed by atoms with Crippen LogP contribution in [0.25, 0.3) is 0 Å². The lowest BCUT2D eigenvalue weighted by Crippen LogP contribution is -2.30. The quantitative estimate of drug-likeness (QED) is 0.853. The van der Waals surface area contributed by atoms with E-state index in [9.17, 15) is 22.8 Å². The zero-order valence-corrected chi connectivity index (χ0v) is 12.4. The molecule has 0 bridgehead atoms. The van der Waals surface area contributed by atoms with E-state index in [1.54, 1.807) is 30.3 Å². The van der Waals surface area contributed by atoms with Gasteiger partial charge in [0.1, 0.15) is 12.3 Å². The van der Waals surface area contributed by atoms with Crippen LogP contribution < -0.4 is 5.32 Å². The van der Waals surface area contributed by atoms with Crippen LogP contribution in [0.3, 0.4) is 0 Å². The summed E-state index contributed by atoms with van der Waals surface area (Å²) in [7, 11) is 0. The summed E-state index contributed by atoms with van der Waals surface area (Å²) in [6.45, 7) is 0. The zero-order valence-electron chi connectivity index (χ0n) is 11.6. The number of nitrogens with one attached hydrogen (secondary N) is 1. The first-order valence-corrected chi connectivity index (χ1v) is 6.89. The molecule has 120 valence electrons. The van der Waals surface area contributed by atoms with E-state index in [0.717, 1.165) is 12.1 Å². The Morgan fingerprint density at radius 1 is 1.09 bits per heavy atom. The molecule has 0 fully saturated rings. The molecule has 0 aliphatic heterocycles. The van der Waals surface area contributed by atoms with Crippen molar-refractivity contribution < 1.29 is 22.8 Å². The molecule has 0 heterocycles. The Bertz CT molecular complexity index is 717. The molecule has 1 N–H and O–H groups in total. The summed E-state index contributed by atoms with van der Waals surface area (Å²) in [5, 5.41) is 1.66. The Morgan fingerprint density at radius 2 is 1.74 bits per heavy atom. The molecule has 3 nitrogen and oxygen atoms in total. The Morgan fingerprint density at radius 3 is 2.30 bits per heavy atom.